The first-order valence-electron chi connectivity index (χ1n) is 7.86. The van der Waals surface area contributed by atoms with Gasteiger partial charge in [0.25, 0.3) is 0 Å². The Morgan fingerprint density at radius 3 is 3.09 bits per heavy atom. The molecule has 0 unspecified atom stereocenters. The molecule has 0 spiro atoms. The molecule has 2 aliphatic heterocycles. The van der Waals surface area contributed by atoms with Gasteiger partial charge in [-0.2, -0.15) is 11.8 Å². The van der Waals surface area contributed by atoms with E-state index in [0.717, 1.165) is 42.3 Å². The van der Waals surface area contributed by atoms with Crippen LogP contribution in [0.4, 0.5) is 0 Å². The SMILES string of the molecule is COc1ccc2c(c1)OC[C@]1(C(=O)O)CN(CCCSC)C[C@H]21. The Kier molecular flexibility index (Phi) is 4.73. The molecule has 0 amide bonds. The van der Waals surface area contributed by atoms with Gasteiger partial charge in [0, 0.05) is 30.6 Å². The Bertz CT molecular complexity index is 594. The van der Waals surface area contributed by atoms with E-state index in [1.54, 1.807) is 7.11 Å². The molecule has 1 saturated heterocycles. The minimum Gasteiger partial charge on any atom is -0.497 e. The van der Waals surface area contributed by atoms with Crippen LogP contribution in [-0.2, 0) is 4.79 Å². The van der Waals surface area contributed by atoms with E-state index in [0.29, 0.717) is 6.54 Å². The fourth-order valence-corrected chi connectivity index (χ4v) is 4.11. The van der Waals surface area contributed by atoms with Crippen molar-refractivity contribution in [2.75, 3.05) is 45.4 Å². The molecule has 5 nitrogen and oxygen atoms in total. The van der Waals surface area contributed by atoms with Gasteiger partial charge < -0.3 is 19.5 Å². The van der Waals surface area contributed by atoms with Crippen LogP contribution in [0.15, 0.2) is 18.2 Å². The first-order valence-corrected chi connectivity index (χ1v) is 9.25. The largest absolute Gasteiger partial charge is 0.497 e. The lowest BCUT2D eigenvalue weighted by Crippen LogP contribution is -2.45. The molecule has 0 bridgehead atoms. The molecule has 0 saturated carbocycles. The van der Waals surface area contributed by atoms with Gasteiger partial charge in [-0.15, -0.1) is 0 Å². The summed E-state index contributed by atoms with van der Waals surface area (Å²) in [5, 5.41) is 9.88. The summed E-state index contributed by atoms with van der Waals surface area (Å²) in [6.07, 6.45) is 3.18. The van der Waals surface area contributed by atoms with E-state index in [9.17, 15) is 9.90 Å². The number of carboxylic acid groups (broad SMARTS) is 1. The van der Waals surface area contributed by atoms with Gasteiger partial charge in [0.05, 0.1) is 7.11 Å². The van der Waals surface area contributed by atoms with E-state index in [-0.39, 0.29) is 12.5 Å². The van der Waals surface area contributed by atoms with Crippen molar-refractivity contribution in [3.05, 3.63) is 23.8 Å². The lowest BCUT2D eigenvalue weighted by molar-refractivity contribution is -0.151. The van der Waals surface area contributed by atoms with Gasteiger partial charge in [-0.3, -0.25) is 4.79 Å². The van der Waals surface area contributed by atoms with Gasteiger partial charge in [-0.25, -0.2) is 0 Å². The quantitative estimate of drug-likeness (QED) is 0.804. The standard InChI is InChI=1S/C17H23NO4S/c1-21-12-4-5-13-14-9-18(6-3-7-23-2)10-17(14,16(19)20)11-22-15(13)8-12/h4-5,8,14H,3,6-7,9-11H2,1-2H3,(H,19,20)/t14-,17-/m1/s1. The van der Waals surface area contributed by atoms with Gasteiger partial charge in [-0.1, -0.05) is 6.07 Å². The molecule has 0 aromatic heterocycles. The number of carboxylic acids is 1. The van der Waals surface area contributed by atoms with Crippen LogP contribution >= 0.6 is 11.8 Å². The van der Waals surface area contributed by atoms with Gasteiger partial charge in [0.1, 0.15) is 23.5 Å². The van der Waals surface area contributed by atoms with Crippen molar-refractivity contribution in [1.29, 1.82) is 0 Å². The number of likely N-dealkylation sites (tertiary alicyclic amines) is 1. The van der Waals surface area contributed by atoms with Crippen LogP contribution in [0.5, 0.6) is 11.5 Å². The number of rotatable bonds is 6. The number of benzene rings is 1. The molecule has 1 aromatic rings. The summed E-state index contributed by atoms with van der Waals surface area (Å²) in [5.74, 6) is 1.82. The molecule has 23 heavy (non-hydrogen) atoms. The maximum Gasteiger partial charge on any atom is 0.315 e. The summed E-state index contributed by atoms with van der Waals surface area (Å²) >= 11 is 1.83. The highest BCUT2D eigenvalue weighted by Crippen LogP contribution is 2.50. The summed E-state index contributed by atoms with van der Waals surface area (Å²) in [6, 6.07) is 5.70. The third-order valence-electron chi connectivity index (χ3n) is 4.94. The molecule has 0 radical (unpaired) electrons. The smallest absolute Gasteiger partial charge is 0.315 e. The average molecular weight is 337 g/mol. The maximum atomic E-state index is 12.0. The van der Waals surface area contributed by atoms with Crippen LogP contribution in [0.2, 0.25) is 0 Å². The number of carbonyl (C=O) groups is 1. The summed E-state index contributed by atoms with van der Waals surface area (Å²) < 4.78 is 11.1. The molecule has 3 rings (SSSR count). The summed E-state index contributed by atoms with van der Waals surface area (Å²) in [7, 11) is 1.62. The fourth-order valence-electron chi connectivity index (χ4n) is 3.69. The van der Waals surface area contributed by atoms with Crippen molar-refractivity contribution in [2.24, 2.45) is 5.41 Å². The van der Waals surface area contributed by atoms with Crippen molar-refractivity contribution in [3.8, 4) is 11.5 Å². The lowest BCUT2D eigenvalue weighted by atomic mass is 9.73. The Morgan fingerprint density at radius 1 is 1.57 bits per heavy atom. The second-order valence-electron chi connectivity index (χ2n) is 6.29. The Hall–Kier alpha value is -1.40. The monoisotopic (exact) mass is 337 g/mol. The minimum atomic E-state index is -0.832. The minimum absolute atomic E-state index is 0.0241. The fraction of sp³-hybridized carbons (Fsp3) is 0.588. The third-order valence-corrected chi connectivity index (χ3v) is 5.64. The number of thioether (sulfide) groups is 1. The number of aliphatic carboxylic acids is 1. The first kappa shape index (κ1) is 16.5. The predicted octanol–water partition coefficient (Wildman–Crippen LogP) is 2.31. The van der Waals surface area contributed by atoms with Crippen LogP contribution in [0, 0.1) is 5.41 Å². The zero-order valence-electron chi connectivity index (χ0n) is 13.6. The highest BCUT2D eigenvalue weighted by Gasteiger charge is 2.56. The van der Waals surface area contributed by atoms with Crippen molar-refractivity contribution < 1.29 is 19.4 Å². The Balaban J connectivity index is 1.87. The summed E-state index contributed by atoms with van der Waals surface area (Å²) in [5.41, 5.74) is 0.160. The molecular formula is C17H23NO4S. The normalized spacial score (nSPS) is 26.3. The zero-order chi connectivity index (χ0) is 16.4. The Morgan fingerprint density at radius 2 is 2.39 bits per heavy atom. The number of hydrogen-bond donors (Lipinski definition) is 1. The maximum absolute atomic E-state index is 12.0. The van der Waals surface area contributed by atoms with Crippen molar-refractivity contribution >= 4 is 17.7 Å². The second-order valence-corrected chi connectivity index (χ2v) is 7.27. The highest BCUT2D eigenvalue weighted by atomic mass is 32.2. The third kappa shape index (κ3) is 2.90. The number of methoxy groups -OCH3 is 1. The molecule has 1 fully saturated rings. The van der Waals surface area contributed by atoms with Gasteiger partial charge in [0.2, 0.25) is 0 Å². The average Bonchev–Trinajstić information content (AvgIpc) is 2.95. The first-order chi connectivity index (χ1) is 11.1. The van der Waals surface area contributed by atoms with Crippen molar-refractivity contribution in [3.63, 3.8) is 0 Å². The van der Waals surface area contributed by atoms with Gasteiger partial charge in [-0.05, 0) is 31.0 Å². The van der Waals surface area contributed by atoms with E-state index in [1.807, 2.05) is 30.0 Å². The molecule has 1 N–H and O–H groups in total. The van der Waals surface area contributed by atoms with Crippen molar-refractivity contribution in [1.82, 2.24) is 4.90 Å². The number of ether oxygens (including phenoxy) is 2. The van der Waals surface area contributed by atoms with Crippen LogP contribution in [0.1, 0.15) is 17.9 Å². The van der Waals surface area contributed by atoms with Crippen molar-refractivity contribution in [2.45, 2.75) is 12.3 Å². The molecule has 0 aliphatic carbocycles. The Labute approximate surface area is 140 Å². The van der Waals surface area contributed by atoms with E-state index < -0.39 is 11.4 Å². The van der Waals surface area contributed by atoms with E-state index in [4.69, 9.17) is 9.47 Å². The lowest BCUT2D eigenvalue weighted by Gasteiger charge is -2.36. The van der Waals surface area contributed by atoms with Gasteiger partial charge in [0.15, 0.2) is 0 Å². The van der Waals surface area contributed by atoms with Gasteiger partial charge >= 0.3 is 5.97 Å². The highest BCUT2D eigenvalue weighted by molar-refractivity contribution is 7.98. The molecule has 2 aliphatic rings. The summed E-state index contributed by atoms with van der Waals surface area (Å²) in [6.45, 7) is 2.51. The predicted molar refractivity (Wildman–Crippen MR) is 90.7 cm³/mol. The van der Waals surface area contributed by atoms with E-state index >= 15 is 0 Å². The number of nitrogens with zero attached hydrogens (tertiary/aromatic N) is 1. The number of fused-ring (bicyclic) bond motifs is 3. The molecule has 6 heteroatoms. The molecule has 126 valence electrons. The second kappa shape index (κ2) is 6.61. The van der Waals surface area contributed by atoms with Crippen LogP contribution in [-0.4, -0.2) is 61.3 Å². The van der Waals surface area contributed by atoms with Crippen LogP contribution in [0.3, 0.4) is 0 Å². The zero-order valence-corrected chi connectivity index (χ0v) is 14.4. The topological polar surface area (TPSA) is 59.0 Å². The van der Waals surface area contributed by atoms with E-state index in [1.165, 1.54) is 0 Å². The van der Waals surface area contributed by atoms with Crippen LogP contribution in [0.25, 0.3) is 0 Å². The molecular weight excluding hydrogens is 314 g/mol. The molecule has 2 atom stereocenters. The van der Waals surface area contributed by atoms with E-state index in [2.05, 4.69) is 11.2 Å². The number of hydrogen-bond acceptors (Lipinski definition) is 5. The van der Waals surface area contributed by atoms with Crippen LogP contribution < -0.4 is 9.47 Å². The summed E-state index contributed by atoms with van der Waals surface area (Å²) in [4.78, 5) is 14.3. The molecule has 2 heterocycles. The molecule has 1 aromatic carbocycles.